The Labute approximate surface area is 174 Å². The zero-order chi connectivity index (χ0) is 22.3. The second-order valence-corrected chi connectivity index (χ2v) is 7.31. The van der Waals surface area contributed by atoms with Crippen LogP contribution in [0.15, 0.2) is 48.5 Å². The first kappa shape index (κ1) is 23.3. The number of carbonyl (C=O) groups excluding carboxylic acids is 3. The van der Waals surface area contributed by atoms with Crippen LogP contribution < -0.4 is 10.6 Å². The Morgan fingerprint density at radius 2 is 1.57 bits per heavy atom. The molecule has 0 radical (unpaired) electrons. The topological polar surface area (TPSA) is 75.3 Å². The molecule has 0 aliphatic heterocycles. The lowest BCUT2D eigenvalue weighted by atomic mass is 9.92. The first-order chi connectivity index (χ1) is 14.2. The zero-order valence-corrected chi connectivity index (χ0v) is 17.2. The highest BCUT2D eigenvalue weighted by Gasteiger charge is 2.28. The van der Waals surface area contributed by atoms with E-state index in [0.29, 0.717) is 12.5 Å². The third-order valence-electron chi connectivity index (χ3n) is 4.88. The average molecular weight is 416 g/mol. The number of nitrogens with one attached hydrogen (secondary N) is 2. The molecule has 2 amide bonds. The minimum atomic E-state index is -0.851. The van der Waals surface area contributed by atoms with Gasteiger partial charge in [0, 0.05) is 12.0 Å². The number of rotatable bonds is 9. The molecule has 0 saturated heterocycles. The summed E-state index contributed by atoms with van der Waals surface area (Å²) in [6.07, 6.45) is 0.314. The minimum Gasteiger partial charge on any atom is -0.297 e. The fourth-order valence-corrected chi connectivity index (χ4v) is 2.99. The molecule has 0 spiro atoms. The van der Waals surface area contributed by atoms with E-state index in [2.05, 4.69) is 10.6 Å². The van der Waals surface area contributed by atoms with Crippen LogP contribution in [0.25, 0.3) is 0 Å². The van der Waals surface area contributed by atoms with Crippen LogP contribution >= 0.6 is 0 Å². The van der Waals surface area contributed by atoms with Gasteiger partial charge in [0.25, 0.3) is 0 Å². The predicted octanol–water partition coefficient (Wildman–Crippen LogP) is 3.48. The van der Waals surface area contributed by atoms with Crippen molar-refractivity contribution in [2.45, 2.75) is 45.7 Å². The second-order valence-electron chi connectivity index (χ2n) is 7.31. The maximum absolute atomic E-state index is 13.3. The Balaban J connectivity index is 2.05. The molecule has 0 heterocycles. The Kier molecular flexibility index (Phi) is 8.35. The van der Waals surface area contributed by atoms with Crippen LogP contribution in [0.1, 0.15) is 44.4 Å². The number of Topliss-reactive ketones (excluding diaryl/α,β-unsaturated/α-hetero) is 1. The summed E-state index contributed by atoms with van der Waals surface area (Å²) in [4.78, 5) is 37.4. The fraction of sp³-hybridized carbons (Fsp3) is 0.348. The molecule has 0 aromatic heterocycles. The number of carbonyl (C=O) groups is 3. The van der Waals surface area contributed by atoms with Crippen molar-refractivity contribution in [3.63, 3.8) is 0 Å². The molecule has 3 atom stereocenters. The van der Waals surface area contributed by atoms with Crippen LogP contribution in [0, 0.1) is 17.6 Å². The summed E-state index contributed by atoms with van der Waals surface area (Å²) in [6.45, 7) is 5.28. The van der Waals surface area contributed by atoms with Crippen molar-refractivity contribution in [3.05, 3.63) is 71.3 Å². The Morgan fingerprint density at radius 1 is 0.967 bits per heavy atom. The SMILES string of the molecule is CCC(C)C(=O)C(N[C@@H](C)C(=O)NC(=O)Cc1cc(F)cc(F)c1)c1ccccc1. The van der Waals surface area contributed by atoms with Crippen molar-refractivity contribution < 1.29 is 23.2 Å². The second kappa shape index (κ2) is 10.7. The molecule has 0 saturated carbocycles. The van der Waals surface area contributed by atoms with Gasteiger partial charge in [-0.3, -0.25) is 25.0 Å². The summed E-state index contributed by atoms with van der Waals surface area (Å²) >= 11 is 0. The number of ketones is 1. The third-order valence-corrected chi connectivity index (χ3v) is 4.88. The number of halogens is 2. The van der Waals surface area contributed by atoms with Gasteiger partial charge in [-0.25, -0.2) is 8.78 Å². The van der Waals surface area contributed by atoms with Gasteiger partial charge in [0.15, 0.2) is 5.78 Å². The quantitative estimate of drug-likeness (QED) is 0.656. The predicted molar refractivity (Wildman–Crippen MR) is 109 cm³/mol. The number of amides is 2. The van der Waals surface area contributed by atoms with E-state index < -0.39 is 35.5 Å². The first-order valence-corrected chi connectivity index (χ1v) is 9.84. The van der Waals surface area contributed by atoms with Gasteiger partial charge in [0.2, 0.25) is 11.8 Å². The normalized spacial score (nSPS) is 13.9. The molecule has 2 N–H and O–H groups in total. The number of hydrogen-bond donors (Lipinski definition) is 2. The van der Waals surface area contributed by atoms with Crippen LogP contribution in [0.5, 0.6) is 0 Å². The lowest BCUT2D eigenvalue weighted by Crippen LogP contribution is -2.48. The smallest absolute Gasteiger partial charge is 0.243 e. The van der Waals surface area contributed by atoms with E-state index >= 15 is 0 Å². The van der Waals surface area contributed by atoms with Gasteiger partial charge in [-0.2, -0.15) is 0 Å². The molecule has 2 unspecified atom stereocenters. The van der Waals surface area contributed by atoms with Crippen molar-refractivity contribution in [1.29, 1.82) is 0 Å². The summed E-state index contributed by atoms with van der Waals surface area (Å²) < 4.78 is 26.5. The molecular formula is C23H26F2N2O3. The Morgan fingerprint density at radius 3 is 2.13 bits per heavy atom. The van der Waals surface area contributed by atoms with Crippen LogP contribution in [0.4, 0.5) is 8.78 Å². The first-order valence-electron chi connectivity index (χ1n) is 9.84. The number of benzene rings is 2. The lowest BCUT2D eigenvalue weighted by Gasteiger charge is -2.24. The monoisotopic (exact) mass is 416 g/mol. The number of hydrogen-bond acceptors (Lipinski definition) is 4. The van der Waals surface area contributed by atoms with E-state index in [4.69, 9.17) is 0 Å². The van der Waals surface area contributed by atoms with Crippen LogP contribution in [-0.2, 0) is 20.8 Å². The summed E-state index contributed by atoms with van der Waals surface area (Å²) in [5.74, 6) is -3.17. The van der Waals surface area contributed by atoms with Crippen LogP contribution in [0.2, 0.25) is 0 Å². The molecule has 7 heteroatoms. The standard InChI is InChI=1S/C23H26F2N2O3/c1-4-14(2)22(29)21(17-8-6-5-7-9-17)26-15(3)23(30)27-20(28)12-16-10-18(24)13-19(25)11-16/h5-11,13-15,21,26H,4,12H2,1-3H3,(H,27,28,30)/t14?,15-,21?/m0/s1. The van der Waals surface area contributed by atoms with E-state index in [9.17, 15) is 23.2 Å². The molecule has 2 aromatic rings. The van der Waals surface area contributed by atoms with E-state index in [0.717, 1.165) is 17.7 Å². The molecule has 2 rings (SSSR count). The number of imide groups is 1. The van der Waals surface area contributed by atoms with Gasteiger partial charge >= 0.3 is 0 Å². The Hall–Kier alpha value is -2.93. The van der Waals surface area contributed by atoms with Gasteiger partial charge in [-0.1, -0.05) is 44.2 Å². The summed E-state index contributed by atoms with van der Waals surface area (Å²) in [5, 5.41) is 5.21. The highest BCUT2D eigenvalue weighted by molar-refractivity contribution is 5.98. The van der Waals surface area contributed by atoms with Crippen molar-refractivity contribution in [2.75, 3.05) is 0 Å². The summed E-state index contributed by atoms with van der Waals surface area (Å²) in [7, 11) is 0. The molecular weight excluding hydrogens is 390 g/mol. The van der Waals surface area contributed by atoms with Gasteiger partial charge in [0.05, 0.1) is 18.5 Å². The third kappa shape index (κ3) is 6.56. The van der Waals surface area contributed by atoms with Gasteiger partial charge in [-0.05, 0) is 36.6 Å². The minimum absolute atomic E-state index is 0.0510. The van der Waals surface area contributed by atoms with Gasteiger partial charge < -0.3 is 0 Å². The zero-order valence-electron chi connectivity index (χ0n) is 17.2. The molecule has 0 bridgehead atoms. The maximum Gasteiger partial charge on any atom is 0.243 e. The van der Waals surface area contributed by atoms with Crippen molar-refractivity contribution >= 4 is 17.6 Å². The van der Waals surface area contributed by atoms with E-state index in [1.807, 2.05) is 19.9 Å². The molecule has 30 heavy (non-hydrogen) atoms. The van der Waals surface area contributed by atoms with Crippen molar-refractivity contribution in [2.24, 2.45) is 5.92 Å². The highest BCUT2D eigenvalue weighted by Crippen LogP contribution is 2.20. The van der Waals surface area contributed by atoms with E-state index in [1.54, 1.807) is 31.2 Å². The fourth-order valence-electron chi connectivity index (χ4n) is 2.99. The lowest BCUT2D eigenvalue weighted by molar-refractivity contribution is -0.131. The van der Waals surface area contributed by atoms with Gasteiger partial charge in [0.1, 0.15) is 11.6 Å². The molecule has 2 aromatic carbocycles. The summed E-state index contributed by atoms with van der Waals surface area (Å²) in [6, 6.07) is 10.3. The maximum atomic E-state index is 13.3. The van der Waals surface area contributed by atoms with Crippen molar-refractivity contribution in [1.82, 2.24) is 10.6 Å². The molecule has 160 valence electrons. The van der Waals surface area contributed by atoms with E-state index in [-0.39, 0.29) is 23.7 Å². The molecule has 0 aliphatic carbocycles. The molecule has 5 nitrogen and oxygen atoms in total. The van der Waals surface area contributed by atoms with E-state index in [1.165, 1.54) is 0 Å². The summed E-state index contributed by atoms with van der Waals surface area (Å²) in [5.41, 5.74) is 0.844. The highest BCUT2D eigenvalue weighted by atomic mass is 19.1. The molecule has 0 fully saturated rings. The van der Waals surface area contributed by atoms with Crippen LogP contribution in [-0.4, -0.2) is 23.6 Å². The largest absolute Gasteiger partial charge is 0.297 e. The molecule has 0 aliphatic rings. The Bertz CT molecular complexity index is 882. The van der Waals surface area contributed by atoms with Crippen LogP contribution in [0.3, 0.4) is 0 Å². The van der Waals surface area contributed by atoms with Gasteiger partial charge in [-0.15, -0.1) is 0 Å². The van der Waals surface area contributed by atoms with Crippen molar-refractivity contribution in [3.8, 4) is 0 Å². The average Bonchev–Trinajstić information content (AvgIpc) is 2.70.